The third kappa shape index (κ3) is 1.09. The highest BCUT2D eigenvalue weighted by atomic mass is 16.5. The van der Waals surface area contributed by atoms with E-state index in [1.165, 1.54) is 0 Å². The number of hydrogen-bond donors (Lipinski definition) is 0. The maximum atomic E-state index is 11.0. The van der Waals surface area contributed by atoms with Gasteiger partial charge in [-0.3, -0.25) is 0 Å². The summed E-state index contributed by atoms with van der Waals surface area (Å²) in [7, 11) is 0. The lowest BCUT2D eigenvalue weighted by atomic mass is 10.1. The second-order valence-electron chi connectivity index (χ2n) is 2.45. The van der Waals surface area contributed by atoms with Crippen LogP contribution in [0.5, 0.6) is 0 Å². The second-order valence-corrected chi connectivity index (χ2v) is 2.45. The Morgan fingerprint density at radius 2 is 2.08 bits per heavy atom. The van der Waals surface area contributed by atoms with Crippen molar-refractivity contribution in [3.8, 4) is 0 Å². The van der Waals surface area contributed by atoms with Gasteiger partial charge in [-0.1, -0.05) is 30.3 Å². The summed E-state index contributed by atoms with van der Waals surface area (Å²) < 4.78 is 4.89. The van der Waals surface area contributed by atoms with Gasteiger partial charge in [0, 0.05) is 6.40 Å². The lowest BCUT2D eigenvalue weighted by molar-refractivity contribution is -0.122. The molecule has 12 heavy (non-hydrogen) atoms. The Kier molecular flexibility index (Phi) is 1.63. The number of aliphatic imine (C=N–C) groups is 1. The van der Waals surface area contributed by atoms with E-state index in [2.05, 4.69) is 11.4 Å². The van der Waals surface area contributed by atoms with Crippen molar-refractivity contribution in [2.45, 2.75) is 6.10 Å². The number of amides is 1. The standard InChI is InChI=1S/C9H6NO2/c11-9-8(12-6-10-9)7-4-2-1-3-5-7/h1-5,8H/q-1/t8-/m1/s1. The molecule has 1 heterocycles. The Morgan fingerprint density at radius 3 is 2.67 bits per heavy atom. The van der Waals surface area contributed by atoms with Gasteiger partial charge in [-0.2, -0.15) is 0 Å². The molecule has 2 rings (SSSR count). The van der Waals surface area contributed by atoms with Crippen molar-refractivity contribution in [1.29, 1.82) is 0 Å². The molecule has 60 valence electrons. The van der Waals surface area contributed by atoms with Crippen LogP contribution in [0.4, 0.5) is 0 Å². The predicted octanol–water partition coefficient (Wildman–Crippen LogP) is 1.19. The van der Waals surface area contributed by atoms with E-state index >= 15 is 0 Å². The molecular formula is C9H6NO2-. The molecule has 1 aliphatic heterocycles. The quantitative estimate of drug-likeness (QED) is 0.579. The molecule has 0 aliphatic carbocycles. The zero-order valence-electron chi connectivity index (χ0n) is 6.23. The van der Waals surface area contributed by atoms with Gasteiger partial charge in [0.2, 0.25) is 0 Å². The average Bonchev–Trinajstić information content (AvgIpc) is 2.53. The molecule has 0 bridgehead atoms. The summed E-state index contributed by atoms with van der Waals surface area (Å²) >= 11 is 0. The first-order valence-corrected chi connectivity index (χ1v) is 3.58. The Morgan fingerprint density at radius 1 is 1.33 bits per heavy atom. The molecule has 3 nitrogen and oxygen atoms in total. The van der Waals surface area contributed by atoms with Gasteiger partial charge in [0.05, 0.1) is 0 Å². The molecule has 0 N–H and O–H groups in total. The van der Waals surface area contributed by atoms with E-state index in [4.69, 9.17) is 4.74 Å². The van der Waals surface area contributed by atoms with Crippen LogP contribution < -0.4 is 0 Å². The first kappa shape index (κ1) is 7.03. The van der Waals surface area contributed by atoms with Gasteiger partial charge < -0.3 is 14.5 Å². The monoisotopic (exact) mass is 160 g/mol. The summed E-state index contributed by atoms with van der Waals surface area (Å²) in [6.45, 7) is 0. The maximum absolute atomic E-state index is 11.0. The average molecular weight is 160 g/mol. The van der Waals surface area contributed by atoms with Crippen LogP contribution in [0.15, 0.2) is 35.3 Å². The Hall–Kier alpha value is -1.64. The third-order valence-electron chi connectivity index (χ3n) is 1.65. The fraction of sp³-hybridized carbons (Fsp3) is 0.111. The van der Waals surface area contributed by atoms with Crippen LogP contribution in [0.3, 0.4) is 0 Å². The van der Waals surface area contributed by atoms with Crippen LogP contribution in [-0.2, 0) is 9.53 Å². The molecule has 3 heteroatoms. The number of carbonyl (C=O) groups excluding carboxylic acids is 1. The van der Waals surface area contributed by atoms with Crippen molar-refractivity contribution in [2.24, 2.45) is 4.99 Å². The van der Waals surface area contributed by atoms with Crippen molar-refractivity contribution >= 4 is 12.3 Å². The summed E-state index contributed by atoms with van der Waals surface area (Å²) in [5.74, 6) is -0.291. The first-order valence-electron chi connectivity index (χ1n) is 3.58. The van der Waals surface area contributed by atoms with Crippen LogP contribution in [0.25, 0.3) is 0 Å². The zero-order chi connectivity index (χ0) is 8.39. The topological polar surface area (TPSA) is 38.7 Å². The van der Waals surface area contributed by atoms with Gasteiger partial charge >= 0.3 is 0 Å². The molecular weight excluding hydrogens is 154 g/mol. The van der Waals surface area contributed by atoms with Gasteiger partial charge in [-0.05, 0) is 5.56 Å². The van der Waals surface area contributed by atoms with Crippen molar-refractivity contribution in [3.05, 3.63) is 35.9 Å². The van der Waals surface area contributed by atoms with Crippen molar-refractivity contribution in [3.63, 3.8) is 0 Å². The van der Waals surface area contributed by atoms with E-state index < -0.39 is 6.10 Å². The fourth-order valence-electron chi connectivity index (χ4n) is 1.07. The number of hydrogen-bond acceptors (Lipinski definition) is 2. The van der Waals surface area contributed by atoms with Crippen LogP contribution in [-0.4, -0.2) is 12.3 Å². The van der Waals surface area contributed by atoms with E-state index in [0.29, 0.717) is 0 Å². The highest BCUT2D eigenvalue weighted by molar-refractivity contribution is 5.92. The summed E-state index contributed by atoms with van der Waals surface area (Å²) in [6.07, 6.45) is 1.62. The van der Waals surface area contributed by atoms with Gasteiger partial charge in [-0.25, -0.2) is 0 Å². The highest BCUT2D eigenvalue weighted by Crippen LogP contribution is 2.20. The molecule has 1 aromatic carbocycles. The zero-order valence-corrected chi connectivity index (χ0v) is 6.23. The van der Waals surface area contributed by atoms with Crippen LogP contribution >= 0.6 is 0 Å². The van der Waals surface area contributed by atoms with Gasteiger partial charge in [-0.15, -0.1) is 0 Å². The number of benzene rings is 1. The largest absolute Gasteiger partial charge is 0.573 e. The molecule has 0 aromatic heterocycles. The lowest BCUT2D eigenvalue weighted by Gasteiger charge is -2.13. The highest BCUT2D eigenvalue weighted by Gasteiger charge is 2.14. The summed E-state index contributed by atoms with van der Waals surface area (Å²) in [4.78, 5) is 14.4. The molecule has 0 radical (unpaired) electrons. The fourth-order valence-corrected chi connectivity index (χ4v) is 1.07. The number of rotatable bonds is 1. The van der Waals surface area contributed by atoms with Crippen LogP contribution in [0.2, 0.25) is 0 Å². The Labute approximate surface area is 69.7 Å². The Balaban J connectivity index is 2.27. The molecule has 0 saturated heterocycles. The first-order chi connectivity index (χ1) is 5.88. The number of carbonyl (C=O) groups is 1. The van der Waals surface area contributed by atoms with E-state index in [1.54, 1.807) is 0 Å². The normalized spacial score (nSPS) is 21.0. The maximum Gasteiger partial charge on any atom is 0.132 e. The van der Waals surface area contributed by atoms with Gasteiger partial charge in [0.1, 0.15) is 12.0 Å². The van der Waals surface area contributed by atoms with Crippen molar-refractivity contribution in [2.75, 3.05) is 0 Å². The van der Waals surface area contributed by atoms with Gasteiger partial charge in [0.15, 0.2) is 0 Å². The smallest absolute Gasteiger partial charge is 0.132 e. The molecule has 0 saturated carbocycles. The van der Waals surface area contributed by atoms with Crippen LogP contribution in [0.1, 0.15) is 11.7 Å². The molecule has 0 spiro atoms. The van der Waals surface area contributed by atoms with E-state index in [1.807, 2.05) is 30.3 Å². The molecule has 1 aromatic rings. The third-order valence-corrected chi connectivity index (χ3v) is 1.65. The molecule has 1 aliphatic rings. The minimum atomic E-state index is -0.578. The molecule has 0 fully saturated rings. The van der Waals surface area contributed by atoms with Crippen LogP contribution in [0, 0.1) is 0 Å². The summed E-state index contributed by atoms with van der Waals surface area (Å²) in [5, 5.41) is 0. The number of nitrogens with zero attached hydrogens (tertiary/aromatic N) is 1. The molecule has 1 atom stereocenters. The Bertz CT molecular complexity index is 319. The summed E-state index contributed by atoms with van der Waals surface area (Å²) in [6, 6.07) is 9.23. The van der Waals surface area contributed by atoms with Gasteiger partial charge in [0.25, 0.3) is 0 Å². The second kappa shape index (κ2) is 2.77. The van der Waals surface area contributed by atoms with Crippen molar-refractivity contribution in [1.82, 2.24) is 0 Å². The minimum Gasteiger partial charge on any atom is -0.573 e. The van der Waals surface area contributed by atoms with E-state index in [9.17, 15) is 4.79 Å². The van der Waals surface area contributed by atoms with E-state index in [0.717, 1.165) is 5.56 Å². The molecule has 1 amide bonds. The predicted molar refractivity (Wildman–Crippen MR) is 42.7 cm³/mol. The van der Waals surface area contributed by atoms with E-state index in [-0.39, 0.29) is 5.91 Å². The SMILES string of the molecule is O=C1N=[C-]O[C@@H]1c1ccccc1. The summed E-state index contributed by atoms with van der Waals surface area (Å²) in [5.41, 5.74) is 0.816. The molecule has 0 unspecified atom stereocenters. The minimum absolute atomic E-state index is 0.291. The van der Waals surface area contributed by atoms with Crippen molar-refractivity contribution < 1.29 is 9.53 Å². The number of ether oxygens (including phenoxy) is 1. The lowest BCUT2D eigenvalue weighted by Crippen LogP contribution is -2.05.